The second-order valence-corrected chi connectivity index (χ2v) is 8.71. The summed E-state index contributed by atoms with van der Waals surface area (Å²) in [6.07, 6.45) is 1.74. The highest BCUT2D eigenvalue weighted by Crippen LogP contribution is 2.37. The first-order valence-corrected chi connectivity index (χ1v) is 11.2. The summed E-state index contributed by atoms with van der Waals surface area (Å²) >= 11 is 18.6. The number of benzene rings is 3. The first-order valence-electron chi connectivity index (χ1n) is 10.1. The number of aryl methyl sites for hydroxylation is 2. The SMILES string of the molecule is COc1cc(/C=N\NC(=O)Cc2ccc(C)cc2C)cc(Cl)c1OCc1ccc(Cl)cc1Cl. The van der Waals surface area contributed by atoms with E-state index in [9.17, 15) is 4.79 Å². The van der Waals surface area contributed by atoms with E-state index in [0.29, 0.717) is 32.1 Å². The van der Waals surface area contributed by atoms with Crippen molar-refractivity contribution in [1.82, 2.24) is 5.43 Å². The highest BCUT2D eigenvalue weighted by molar-refractivity contribution is 6.35. The molecule has 33 heavy (non-hydrogen) atoms. The normalized spacial score (nSPS) is 11.0. The van der Waals surface area contributed by atoms with E-state index in [0.717, 1.165) is 22.3 Å². The van der Waals surface area contributed by atoms with Gasteiger partial charge in [0.15, 0.2) is 11.5 Å². The van der Waals surface area contributed by atoms with Crippen LogP contribution < -0.4 is 14.9 Å². The summed E-state index contributed by atoms with van der Waals surface area (Å²) in [7, 11) is 1.51. The maximum absolute atomic E-state index is 12.2. The van der Waals surface area contributed by atoms with Crippen LogP contribution in [-0.2, 0) is 17.8 Å². The number of hydrazone groups is 1. The number of methoxy groups -OCH3 is 1. The fraction of sp³-hybridized carbons (Fsp3) is 0.200. The Labute approximate surface area is 208 Å². The van der Waals surface area contributed by atoms with Crippen LogP contribution in [0.5, 0.6) is 11.5 Å². The third kappa shape index (κ3) is 6.87. The molecule has 0 bridgehead atoms. The fourth-order valence-corrected chi connectivity index (χ4v) is 3.92. The predicted molar refractivity (Wildman–Crippen MR) is 134 cm³/mol. The van der Waals surface area contributed by atoms with Gasteiger partial charge in [-0.05, 0) is 54.8 Å². The summed E-state index contributed by atoms with van der Waals surface area (Å²) in [4.78, 5) is 12.2. The van der Waals surface area contributed by atoms with Gasteiger partial charge in [0.05, 0.1) is 24.8 Å². The van der Waals surface area contributed by atoms with Crippen molar-refractivity contribution in [3.05, 3.63) is 91.4 Å². The lowest BCUT2D eigenvalue weighted by Crippen LogP contribution is -2.20. The van der Waals surface area contributed by atoms with Gasteiger partial charge in [0.2, 0.25) is 5.91 Å². The van der Waals surface area contributed by atoms with Crippen molar-refractivity contribution in [2.75, 3.05) is 7.11 Å². The Morgan fingerprint density at radius 2 is 1.76 bits per heavy atom. The molecule has 0 atom stereocenters. The van der Waals surface area contributed by atoms with Gasteiger partial charge >= 0.3 is 0 Å². The number of nitrogens with zero attached hydrogens (tertiary/aromatic N) is 1. The first-order chi connectivity index (χ1) is 15.8. The zero-order valence-corrected chi connectivity index (χ0v) is 20.7. The number of rotatable bonds is 8. The van der Waals surface area contributed by atoms with Gasteiger partial charge in [0.25, 0.3) is 0 Å². The molecule has 0 aliphatic rings. The molecule has 0 aliphatic heterocycles. The van der Waals surface area contributed by atoms with Crippen molar-refractivity contribution in [3.63, 3.8) is 0 Å². The lowest BCUT2D eigenvalue weighted by molar-refractivity contribution is -0.120. The number of amides is 1. The van der Waals surface area contributed by atoms with Gasteiger partial charge in [-0.1, -0.05) is 64.6 Å². The monoisotopic (exact) mass is 504 g/mol. The van der Waals surface area contributed by atoms with E-state index in [4.69, 9.17) is 44.3 Å². The molecular weight excluding hydrogens is 483 g/mol. The van der Waals surface area contributed by atoms with E-state index in [1.807, 2.05) is 32.0 Å². The Balaban J connectivity index is 1.65. The third-order valence-corrected chi connectivity index (χ3v) is 5.76. The summed E-state index contributed by atoms with van der Waals surface area (Å²) in [5, 5.41) is 5.41. The molecule has 0 unspecified atom stereocenters. The number of halogens is 3. The number of nitrogens with one attached hydrogen (secondary N) is 1. The molecule has 0 aromatic heterocycles. The van der Waals surface area contributed by atoms with Gasteiger partial charge in [-0.25, -0.2) is 5.43 Å². The minimum Gasteiger partial charge on any atom is -0.493 e. The average molecular weight is 506 g/mol. The molecule has 0 radical (unpaired) electrons. The van der Waals surface area contributed by atoms with Crippen molar-refractivity contribution in [3.8, 4) is 11.5 Å². The van der Waals surface area contributed by atoms with E-state index in [1.165, 1.54) is 13.3 Å². The second kappa shape index (κ2) is 11.4. The maximum atomic E-state index is 12.2. The van der Waals surface area contributed by atoms with Crippen LogP contribution in [0.25, 0.3) is 0 Å². The Bertz CT molecular complexity index is 1200. The average Bonchev–Trinajstić information content (AvgIpc) is 2.75. The number of hydrogen-bond donors (Lipinski definition) is 1. The summed E-state index contributed by atoms with van der Waals surface area (Å²) in [5.41, 5.74) is 7.13. The van der Waals surface area contributed by atoms with Gasteiger partial charge in [-0.3, -0.25) is 4.79 Å². The van der Waals surface area contributed by atoms with Crippen LogP contribution in [0, 0.1) is 13.8 Å². The molecule has 0 fully saturated rings. The zero-order valence-electron chi connectivity index (χ0n) is 18.4. The number of hydrogen-bond acceptors (Lipinski definition) is 4. The summed E-state index contributed by atoms with van der Waals surface area (Å²) in [5.74, 6) is 0.591. The van der Waals surface area contributed by atoms with Crippen LogP contribution in [0.15, 0.2) is 53.6 Å². The van der Waals surface area contributed by atoms with Gasteiger partial charge in [0.1, 0.15) is 6.61 Å². The van der Waals surface area contributed by atoms with E-state index < -0.39 is 0 Å². The van der Waals surface area contributed by atoms with Gasteiger partial charge < -0.3 is 9.47 Å². The van der Waals surface area contributed by atoms with Crippen LogP contribution in [0.3, 0.4) is 0 Å². The van der Waals surface area contributed by atoms with E-state index in [1.54, 1.807) is 30.3 Å². The van der Waals surface area contributed by atoms with Crippen molar-refractivity contribution < 1.29 is 14.3 Å². The van der Waals surface area contributed by atoms with Crippen molar-refractivity contribution in [2.24, 2.45) is 5.10 Å². The molecule has 3 aromatic carbocycles. The van der Waals surface area contributed by atoms with Crippen LogP contribution in [0.1, 0.15) is 27.8 Å². The fourth-order valence-electron chi connectivity index (χ4n) is 3.18. The Morgan fingerprint density at radius 3 is 2.45 bits per heavy atom. The molecule has 3 aromatic rings. The van der Waals surface area contributed by atoms with E-state index in [2.05, 4.69) is 10.5 Å². The summed E-state index contributed by atoms with van der Waals surface area (Å²) in [6, 6.07) is 14.5. The van der Waals surface area contributed by atoms with Crippen molar-refractivity contribution in [1.29, 1.82) is 0 Å². The lowest BCUT2D eigenvalue weighted by Gasteiger charge is -2.14. The molecule has 0 saturated heterocycles. The first kappa shape index (κ1) is 24.9. The number of carbonyl (C=O) groups excluding carboxylic acids is 1. The standard InChI is InChI=1S/C25H23Cl3N2O3/c1-15-4-5-18(16(2)8-15)11-24(31)30-29-13-17-9-22(28)25(23(10-17)32-3)33-14-19-6-7-20(26)12-21(19)27/h4-10,12-13H,11,14H2,1-3H3,(H,30,31)/b29-13-. The largest absolute Gasteiger partial charge is 0.493 e. The maximum Gasteiger partial charge on any atom is 0.244 e. The zero-order chi connectivity index (χ0) is 24.0. The molecule has 0 aliphatic carbocycles. The highest BCUT2D eigenvalue weighted by atomic mass is 35.5. The van der Waals surface area contributed by atoms with Crippen LogP contribution in [0.4, 0.5) is 0 Å². The Kier molecular flexibility index (Phi) is 8.61. The molecule has 8 heteroatoms. The highest BCUT2D eigenvalue weighted by Gasteiger charge is 2.13. The molecule has 0 saturated carbocycles. The minimum atomic E-state index is -0.212. The molecule has 0 spiro atoms. The number of ether oxygens (including phenoxy) is 2. The van der Waals surface area contributed by atoms with Crippen LogP contribution in [0.2, 0.25) is 15.1 Å². The molecule has 172 valence electrons. The quantitative estimate of drug-likeness (QED) is 0.279. The van der Waals surface area contributed by atoms with Crippen molar-refractivity contribution in [2.45, 2.75) is 26.9 Å². The van der Waals surface area contributed by atoms with E-state index in [-0.39, 0.29) is 18.9 Å². The molecule has 1 N–H and O–H groups in total. The second-order valence-electron chi connectivity index (χ2n) is 7.46. The van der Waals surface area contributed by atoms with Crippen LogP contribution in [-0.4, -0.2) is 19.2 Å². The topological polar surface area (TPSA) is 59.9 Å². The molecule has 0 heterocycles. The predicted octanol–water partition coefficient (Wildman–Crippen LogP) is 6.54. The molecule has 3 rings (SSSR count). The van der Waals surface area contributed by atoms with Crippen LogP contribution >= 0.6 is 34.8 Å². The lowest BCUT2D eigenvalue weighted by atomic mass is 10.0. The van der Waals surface area contributed by atoms with Gasteiger partial charge in [-0.2, -0.15) is 5.10 Å². The van der Waals surface area contributed by atoms with Gasteiger partial charge in [0, 0.05) is 15.6 Å². The molecular formula is C25H23Cl3N2O3. The third-order valence-electron chi connectivity index (χ3n) is 4.89. The molecule has 1 amide bonds. The molecule has 5 nitrogen and oxygen atoms in total. The number of carbonyl (C=O) groups is 1. The van der Waals surface area contributed by atoms with Crippen molar-refractivity contribution >= 4 is 46.9 Å². The Morgan fingerprint density at radius 1 is 1.00 bits per heavy atom. The summed E-state index contributed by atoms with van der Waals surface area (Å²) in [6.45, 7) is 4.19. The minimum absolute atomic E-state index is 0.188. The smallest absolute Gasteiger partial charge is 0.244 e. The van der Waals surface area contributed by atoms with Gasteiger partial charge in [-0.15, -0.1) is 0 Å². The Hall–Kier alpha value is -2.73. The summed E-state index contributed by atoms with van der Waals surface area (Å²) < 4.78 is 11.3. The van der Waals surface area contributed by atoms with E-state index >= 15 is 0 Å².